The highest BCUT2D eigenvalue weighted by Crippen LogP contribution is 2.24. The molecule has 1 aromatic heterocycles. The largest absolute Gasteiger partial charge is 0.478 e. The summed E-state index contributed by atoms with van der Waals surface area (Å²) >= 11 is 0. The molecule has 1 aromatic carbocycles. The number of aromatic carboxylic acids is 1. The molecule has 0 saturated carbocycles. The molecule has 1 heterocycles. The van der Waals surface area contributed by atoms with Crippen molar-refractivity contribution in [2.75, 3.05) is 5.32 Å². The van der Waals surface area contributed by atoms with Gasteiger partial charge in [-0.1, -0.05) is 0 Å². The Kier molecular flexibility index (Phi) is 3.40. The molecular formula is C14H15NO5. The summed E-state index contributed by atoms with van der Waals surface area (Å²) in [5.41, 5.74) is 0.354. The van der Waals surface area contributed by atoms with Crippen LogP contribution in [0.3, 0.4) is 0 Å². The van der Waals surface area contributed by atoms with E-state index in [9.17, 15) is 9.59 Å². The van der Waals surface area contributed by atoms with Crippen LogP contribution < -0.4 is 5.32 Å². The van der Waals surface area contributed by atoms with Crippen LogP contribution >= 0.6 is 0 Å². The zero-order valence-electron chi connectivity index (χ0n) is 11.4. The van der Waals surface area contributed by atoms with Crippen LogP contribution in [0.4, 0.5) is 10.5 Å². The van der Waals surface area contributed by atoms with Crippen LogP contribution in [-0.4, -0.2) is 22.8 Å². The third-order valence-electron chi connectivity index (χ3n) is 2.45. The van der Waals surface area contributed by atoms with Gasteiger partial charge in [0.05, 0.1) is 0 Å². The van der Waals surface area contributed by atoms with Gasteiger partial charge in [0.1, 0.15) is 23.0 Å². The van der Waals surface area contributed by atoms with Crippen LogP contribution in [0, 0.1) is 0 Å². The SMILES string of the molecule is CC(C)(C)OC(=O)Nc1ccc2c(C(=O)O)coc2c1. The minimum absolute atomic E-state index is 0.0869. The number of amides is 1. The van der Waals surface area contributed by atoms with Gasteiger partial charge in [-0.2, -0.15) is 0 Å². The molecule has 6 heteroatoms. The molecule has 1 amide bonds. The fourth-order valence-corrected chi connectivity index (χ4v) is 1.69. The summed E-state index contributed by atoms with van der Waals surface area (Å²) in [6, 6.07) is 4.72. The summed E-state index contributed by atoms with van der Waals surface area (Å²) in [5, 5.41) is 12.0. The molecule has 20 heavy (non-hydrogen) atoms. The molecule has 0 fully saturated rings. The molecule has 0 aliphatic rings. The van der Waals surface area contributed by atoms with Crippen molar-refractivity contribution < 1.29 is 23.8 Å². The molecule has 0 aliphatic heterocycles. The molecule has 0 spiro atoms. The summed E-state index contributed by atoms with van der Waals surface area (Å²) < 4.78 is 10.3. The van der Waals surface area contributed by atoms with E-state index in [1.165, 1.54) is 6.26 Å². The van der Waals surface area contributed by atoms with Gasteiger partial charge in [0.15, 0.2) is 0 Å². The molecular weight excluding hydrogens is 262 g/mol. The number of ether oxygens (including phenoxy) is 1. The lowest BCUT2D eigenvalue weighted by molar-refractivity contribution is 0.0634. The lowest BCUT2D eigenvalue weighted by Crippen LogP contribution is -2.27. The maximum absolute atomic E-state index is 11.6. The number of rotatable bonds is 2. The minimum Gasteiger partial charge on any atom is -0.478 e. The first kappa shape index (κ1) is 13.9. The average Bonchev–Trinajstić information content (AvgIpc) is 2.68. The van der Waals surface area contributed by atoms with Gasteiger partial charge < -0.3 is 14.3 Å². The van der Waals surface area contributed by atoms with Gasteiger partial charge in [0.2, 0.25) is 0 Å². The Bertz CT molecular complexity index is 666. The Morgan fingerprint density at radius 1 is 1.30 bits per heavy atom. The summed E-state index contributed by atoms with van der Waals surface area (Å²) in [6.07, 6.45) is 0.589. The average molecular weight is 277 g/mol. The lowest BCUT2D eigenvalue weighted by atomic mass is 10.1. The van der Waals surface area contributed by atoms with Gasteiger partial charge in [0, 0.05) is 17.1 Å². The first-order valence-electron chi connectivity index (χ1n) is 6.01. The third-order valence-corrected chi connectivity index (χ3v) is 2.45. The standard InChI is InChI=1S/C14H15NO5/c1-14(2,3)20-13(18)15-8-4-5-9-10(12(16)17)7-19-11(9)6-8/h4-7H,1-3H3,(H,15,18)(H,16,17). The maximum atomic E-state index is 11.6. The highest BCUT2D eigenvalue weighted by Gasteiger charge is 2.17. The molecule has 106 valence electrons. The smallest absolute Gasteiger partial charge is 0.412 e. The van der Waals surface area contributed by atoms with Crippen LogP contribution in [0.1, 0.15) is 31.1 Å². The Morgan fingerprint density at radius 2 is 2.00 bits per heavy atom. The monoisotopic (exact) mass is 277 g/mol. The number of carboxylic acid groups (broad SMARTS) is 1. The van der Waals surface area contributed by atoms with Gasteiger partial charge >= 0.3 is 12.1 Å². The summed E-state index contributed by atoms with van der Waals surface area (Å²) in [5.74, 6) is -1.06. The van der Waals surface area contributed by atoms with Crippen molar-refractivity contribution in [3.63, 3.8) is 0 Å². The van der Waals surface area contributed by atoms with Gasteiger partial charge in [0.25, 0.3) is 0 Å². The van der Waals surface area contributed by atoms with E-state index in [0.29, 0.717) is 16.7 Å². The van der Waals surface area contributed by atoms with E-state index in [1.807, 2.05) is 0 Å². The Balaban J connectivity index is 2.21. The van der Waals surface area contributed by atoms with Gasteiger partial charge in [-0.15, -0.1) is 0 Å². The maximum Gasteiger partial charge on any atom is 0.412 e. The van der Waals surface area contributed by atoms with Crippen molar-refractivity contribution >= 4 is 28.7 Å². The van der Waals surface area contributed by atoms with Gasteiger partial charge in [-0.25, -0.2) is 9.59 Å². The number of carbonyl (C=O) groups is 2. The molecule has 2 aromatic rings. The molecule has 0 aliphatic carbocycles. The Morgan fingerprint density at radius 3 is 2.60 bits per heavy atom. The van der Waals surface area contributed by atoms with E-state index in [1.54, 1.807) is 39.0 Å². The number of anilines is 1. The van der Waals surface area contributed by atoms with E-state index in [4.69, 9.17) is 14.3 Å². The quantitative estimate of drug-likeness (QED) is 0.877. The predicted molar refractivity (Wildman–Crippen MR) is 73.0 cm³/mol. The van der Waals surface area contributed by atoms with E-state index >= 15 is 0 Å². The second-order valence-electron chi connectivity index (χ2n) is 5.29. The minimum atomic E-state index is -1.06. The highest BCUT2D eigenvalue weighted by atomic mass is 16.6. The van der Waals surface area contributed by atoms with E-state index < -0.39 is 17.7 Å². The number of hydrogen-bond donors (Lipinski definition) is 2. The summed E-state index contributed by atoms with van der Waals surface area (Å²) in [4.78, 5) is 22.6. The van der Waals surface area contributed by atoms with Crippen LogP contribution in [0.2, 0.25) is 0 Å². The third kappa shape index (κ3) is 3.09. The fourth-order valence-electron chi connectivity index (χ4n) is 1.69. The van der Waals surface area contributed by atoms with Crippen molar-refractivity contribution in [1.29, 1.82) is 0 Å². The second-order valence-corrected chi connectivity index (χ2v) is 5.29. The zero-order chi connectivity index (χ0) is 14.9. The molecule has 0 radical (unpaired) electrons. The van der Waals surface area contributed by atoms with Crippen LogP contribution in [0.15, 0.2) is 28.9 Å². The van der Waals surface area contributed by atoms with E-state index in [2.05, 4.69) is 5.32 Å². The number of nitrogens with one attached hydrogen (secondary N) is 1. The summed E-state index contributed by atoms with van der Waals surface area (Å²) in [6.45, 7) is 5.30. The molecule has 0 bridgehead atoms. The molecule has 0 unspecified atom stereocenters. The number of benzene rings is 1. The number of carboxylic acids is 1. The van der Waals surface area contributed by atoms with Crippen molar-refractivity contribution in [2.24, 2.45) is 0 Å². The van der Waals surface area contributed by atoms with E-state index in [0.717, 1.165) is 0 Å². The molecule has 0 saturated heterocycles. The first-order valence-corrected chi connectivity index (χ1v) is 6.01. The number of carbonyl (C=O) groups excluding carboxylic acids is 1. The molecule has 2 N–H and O–H groups in total. The predicted octanol–water partition coefficient (Wildman–Crippen LogP) is 3.48. The second kappa shape index (κ2) is 4.88. The van der Waals surface area contributed by atoms with Crippen molar-refractivity contribution in [3.8, 4) is 0 Å². The Hall–Kier alpha value is -2.50. The summed E-state index contributed by atoms with van der Waals surface area (Å²) in [7, 11) is 0. The van der Waals surface area contributed by atoms with Crippen LogP contribution in [-0.2, 0) is 4.74 Å². The lowest BCUT2D eigenvalue weighted by Gasteiger charge is -2.19. The normalized spacial score (nSPS) is 11.3. The van der Waals surface area contributed by atoms with E-state index in [-0.39, 0.29) is 5.56 Å². The van der Waals surface area contributed by atoms with Gasteiger partial charge in [-0.3, -0.25) is 5.32 Å². The number of hydrogen-bond acceptors (Lipinski definition) is 4. The van der Waals surface area contributed by atoms with Crippen LogP contribution in [0.5, 0.6) is 0 Å². The van der Waals surface area contributed by atoms with Crippen molar-refractivity contribution in [1.82, 2.24) is 0 Å². The fraction of sp³-hybridized carbons (Fsp3) is 0.286. The van der Waals surface area contributed by atoms with Crippen LogP contribution in [0.25, 0.3) is 11.0 Å². The zero-order valence-corrected chi connectivity index (χ0v) is 11.4. The molecule has 6 nitrogen and oxygen atoms in total. The first-order chi connectivity index (χ1) is 9.26. The Labute approximate surface area is 115 Å². The van der Waals surface area contributed by atoms with Crippen molar-refractivity contribution in [2.45, 2.75) is 26.4 Å². The highest BCUT2D eigenvalue weighted by molar-refractivity contribution is 6.03. The van der Waals surface area contributed by atoms with Gasteiger partial charge in [-0.05, 0) is 32.9 Å². The molecule has 2 rings (SSSR count). The number of fused-ring (bicyclic) bond motifs is 1. The molecule has 0 atom stereocenters. The number of furan rings is 1. The topological polar surface area (TPSA) is 88.8 Å². The van der Waals surface area contributed by atoms with Crippen molar-refractivity contribution in [3.05, 3.63) is 30.0 Å².